The Morgan fingerprint density at radius 2 is 2.04 bits per heavy atom. The van der Waals surface area contributed by atoms with Crippen LogP contribution in [0.3, 0.4) is 0 Å². The summed E-state index contributed by atoms with van der Waals surface area (Å²) in [5.74, 6) is -0.905. The van der Waals surface area contributed by atoms with E-state index in [0.29, 0.717) is 0 Å². The van der Waals surface area contributed by atoms with Crippen molar-refractivity contribution in [2.75, 3.05) is 6.61 Å². The van der Waals surface area contributed by atoms with Gasteiger partial charge in [-0.3, -0.25) is 14.3 Å². The zero-order valence-corrected chi connectivity index (χ0v) is 12.9. The van der Waals surface area contributed by atoms with Crippen LogP contribution >= 0.6 is 0 Å². The molecule has 0 aliphatic carbocycles. The molecule has 23 heavy (non-hydrogen) atoms. The van der Waals surface area contributed by atoms with Gasteiger partial charge in [0.25, 0.3) is 5.56 Å². The molecule has 0 saturated carbocycles. The third-order valence-corrected chi connectivity index (χ3v) is 4.13. The van der Waals surface area contributed by atoms with Gasteiger partial charge in [0.05, 0.1) is 6.61 Å². The highest BCUT2D eigenvalue weighted by atomic mass is 16.8. The van der Waals surface area contributed by atoms with Crippen molar-refractivity contribution in [1.82, 2.24) is 9.55 Å². The van der Waals surface area contributed by atoms with Crippen molar-refractivity contribution < 1.29 is 19.3 Å². The highest BCUT2D eigenvalue weighted by Gasteiger charge is 2.62. The van der Waals surface area contributed by atoms with Crippen LogP contribution in [0.1, 0.15) is 26.3 Å². The molecule has 4 atom stereocenters. The van der Waals surface area contributed by atoms with E-state index in [2.05, 4.69) is 4.98 Å². The Hall–Kier alpha value is -1.99. The van der Waals surface area contributed by atoms with Gasteiger partial charge in [0.1, 0.15) is 29.9 Å². The van der Waals surface area contributed by atoms with E-state index in [1.165, 1.54) is 0 Å². The van der Waals surface area contributed by atoms with Gasteiger partial charge in [0, 0.05) is 6.20 Å². The van der Waals surface area contributed by atoms with Gasteiger partial charge in [0.15, 0.2) is 11.5 Å². The number of aliphatic hydroxyl groups is 1. The predicted octanol–water partition coefficient (Wildman–Crippen LogP) is -1.01. The van der Waals surface area contributed by atoms with Crippen molar-refractivity contribution in [3.8, 4) is 6.07 Å². The predicted molar refractivity (Wildman–Crippen MR) is 75.5 cm³/mol. The molecule has 1 aromatic rings. The molecule has 2 fully saturated rings. The first-order valence-corrected chi connectivity index (χ1v) is 7.13. The molecule has 2 aliphatic heterocycles. The Kier molecular flexibility index (Phi) is 3.46. The quantitative estimate of drug-likeness (QED) is 0.714. The molecule has 9 heteroatoms. The van der Waals surface area contributed by atoms with Gasteiger partial charge in [-0.2, -0.15) is 5.26 Å². The second-order valence-corrected chi connectivity index (χ2v) is 6.20. The van der Waals surface area contributed by atoms with Crippen LogP contribution in [0.15, 0.2) is 15.8 Å². The molecule has 3 rings (SSSR count). The van der Waals surface area contributed by atoms with Crippen molar-refractivity contribution in [2.24, 2.45) is 0 Å². The number of nitriles is 1. The molecule has 0 radical (unpaired) electrons. The fraction of sp³-hybridized carbons (Fsp3) is 0.643. The summed E-state index contributed by atoms with van der Waals surface area (Å²) in [7, 11) is 0. The van der Waals surface area contributed by atoms with Crippen LogP contribution in [-0.2, 0) is 19.9 Å². The molecule has 0 aromatic carbocycles. The van der Waals surface area contributed by atoms with Gasteiger partial charge in [-0.15, -0.1) is 0 Å². The first-order valence-electron chi connectivity index (χ1n) is 7.13. The summed E-state index contributed by atoms with van der Waals surface area (Å²) < 4.78 is 18.5. The number of hydrogen-bond donors (Lipinski definition) is 2. The maximum Gasteiger partial charge on any atom is 0.330 e. The summed E-state index contributed by atoms with van der Waals surface area (Å²) in [4.78, 5) is 25.9. The van der Waals surface area contributed by atoms with E-state index in [-0.39, 0.29) is 12.2 Å². The molecular formula is C14H17N3O6. The Morgan fingerprint density at radius 1 is 1.35 bits per heavy atom. The van der Waals surface area contributed by atoms with Gasteiger partial charge < -0.3 is 19.3 Å². The first kappa shape index (κ1) is 15.9. The lowest BCUT2D eigenvalue weighted by molar-refractivity contribution is -0.230. The van der Waals surface area contributed by atoms with Crippen LogP contribution in [0, 0.1) is 11.3 Å². The molecule has 2 aliphatic rings. The molecule has 0 spiro atoms. The second kappa shape index (κ2) is 5.01. The van der Waals surface area contributed by atoms with E-state index in [9.17, 15) is 14.7 Å². The fourth-order valence-electron chi connectivity index (χ4n) is 3.13. The highest BCUT2D eigenvalue weighted by molar-refractivity contribution is 5.22. The largest absolute Gasteiger partial charge is 0.394 e. The van der Waals surface area contributed by atoms with Crippen LogP contribution in [0.5, 0.6) is 0 Å². The number of nitrogens with one attached hydrogen (secondary N) is 1. The Balaban J connectivity index is 2.14. The van der Waals surface area contributed by atoms with Gasteiger partial charge in [-0.05, 0) is 20.8 Å². The highest BCUT2D eigenvalue weighted by Crippen LogP contribution is 2.45. The number of ether oxygens (including phenoxy) is 3. The maximum atomic E-state index is 12.2. The van der Waals surface area contributed by atoms with Crippen LogP contribution in [-0.4, -0.2) is 45.4 Å². The number of aliphatic hydroxyl groups excluding tert-OH is 1. The van der Waals surface area contributed by atoms with Gasteiger partial charge in [-0.25, -0.2) is 4.79 Å². The van der Waals surface area contributed by atoms with Gasteiger partial charge >= 0.3 is 5.69 Å². The minimum atomic E-state index is -1.33. The fourth-order valence-corrected chi connectivity index (χ4v) is 3.13. The molecule has 124 valence electrons. The maximum absolute atomic E-state index is 12.2. The SMILES string of the molecule is CC1(C)OC2C(CO)OC(C)(n3cc(C#N)c(=O)[nH]c3=O)C2O1. The molecule has 1 aromatic heterocycles. The van der Waals surface area contributed by atoms with E-state index in [4.69, 9.17) is 19.5 Å². The van der Waals surface area contributed by atoms with Crippen LogP contribution in [0.2, 0.25) is 0 Å². The second-order valence-electron chi connectivity index (χ2n) is 6.20. The Bertz CT molecular complexity index is 791. The van der Waals surface area contributed by atoms with E-state index >= 15 is 0 Å². The smallest absolute Gasteiger partial charge is 0.330 e. The molecule has 4 unspecified atom stereocenters. The van der Waals surface area contributed by atoms with Crippen molar-refractivity contribution in [3.63, 3.8) is 0 Å². The van der Waals surface area contributed by atoms with Gasteiger partial charge in [-0.1, -0.05) is 0 Å². The molecule has 9 nitrogen and oxygen atoms in total. The van der Waals surface area contributed by atoms with Crippen molar-refractivity contribution >= 4 is 0 Å². The molecule has 0 amide bonds. The van der Waals surface area contributed by atoms with Gasteiger partial charge in [0.2, 0.25) is 0 Å². The average molecular weight is 323 g/mol. The lowest BCUT2D eigenvalue weighted by atomic mass is 10.0. The number of hydrogen-bond acceptors (Lipinski definition) is 7. The lowest BCUT2D eigenvalue weighted by Gasteiger charge is -2.32. The summed E-state index contributed by atoms with van der Waals surface area (Å²) in [6.45, 7) is 4.71. The summed E-state index contributed by atoms with van der Waals surface area (Å²) in [5, 5.41) is 18.5. The standard InChI is InChI=1S/C14H17N3O6/c1-13(2)22-9-8(6-18)21-14(3,10(9)23-13)17-5-7(4-15)11(19)16-12(17)20/h5,8-10,18H,6H2,1-3H3,(H,16,19,20). The topological polar surface area (TPSA) is 127 Å². The third kappa shape index (κ3) is 2.31. The van der Waals surface area contributed by atoms with Crippen molar-refractivity contribution in [2.45, 2.75) is 50.6 Å². The number of nitrogens with zero attached hydrogens (tertiary/aromatic N) is 2. The summed E-state index contributed by atoms with van der Waals surface area (Å²) >= 11 is 0. The normalized spacial score (nSPS) is 35.0. The third-order valence-electron chi connectivity index (χ3n) is 4.13. The summed E-state index contributed by atoms with van der Waals surface area (Å²) in [5.41, 5.74) is -3.06. The zero-order chi connectivity index (χ0) is 17.0. The van der Waals surface area contributed by atoms with E-state index in [0.717, 1.165) is 10.8 Å². The summed E-state index contributed by atoms with van der Waals surface area (Å²) in [6.07, 6.45) is -0.836. The van der Waals surface area contributed by atoms with Crippen LogP contribution in [0.25, 0.3) is 0 Å². The van der Waals surface area contributed by atoms with Crippen molar-refractivity contribution in [1.29, 1.82) is 5.26 Å². The Morgan fingerprint density at radius 3 is 2.65 bits per heavy atom. The molecule has 0 bridgehead atoms. The van der Waals surface area contributed by atoms with Crippen molar-refractivity contribution in [3.05, 3.63) is 32.6 Å². The van der Waals surface area contributed by atoms with E-state index in [1.807, 2.05) is 0 Å². The molecule has 3 heterocycles. The number of aromatic amines is 1. The van der Waals surface area contributed by atoms with E-state index in [1.54, 1.807) is 26.8 Å². The van der Waals surface area contributed by atoms with Crippen LogP contribution in [0.4, 0.5) is 0 Å². The molecule has 2 saturated heterocycles. The number of fused-ring (bicyclic) bond motifs is 1. The average Bonchev–Trinajstić information content (AvgIpc) is 2.92. The number of aromatic nitrogens is 2. The monoisotopic (exact) mass is 323 g/mol. The minimum Gasteiger partial charge on any atom is -0.394 e. The first-order chi connectivity index (χ1) is 10.7. The lowest BCUT2D eigenvalue weighted by Crippen LogP contribution is -2.50. The number of rotatable bonds is 2. The zero-order valence-electron chi connectivity index (χ0n) is 12.9. The van der Waals surface area contributed by atoms with E-state index < -0.39 is 41.1 Å². The minimum absolute atomic E-state index is 0.225. The molecular weight excluding hydrogens is 306 g/mol. The Labute approximate surface area is 131 Å². The summed E-state index contributed by atoms with van der Waals surface area (Å²) in [6, 6.07) is 1.72. The number of H-pyrrole nitrogens is 1. The van der Waals surface area contributed by atoms with Crippen LogP contribution < -0.4 is 11.2 Å². The molecule has 2 N–H and O–H groups in total.